The second-order valence-corrected chi connectivity index (χ2v) is 1.53. The van der Waals surface area contributed by atoms with Gasteiger partial charge in [-0.05, 0) is 0 Å². The topological polar surface area (TPSA) is 67.8 Å². The van der Waals surface area contributed by atoms with Gasteiger partial charge in [0.25, 0.3) is 0 Å². The Hall–Kier alpha value is -1.21. The Morgan fingerprint density at radius 3 is 3.00 bits per heavy atom. The van der Waals surface area contributed by atoms with Crippen LogP contribution in [0.4, 0.5) is 0 Å². The molecule has 0 unspecified atom stereocenters. The number of rotatable bonds is 4. The van der Waals surface area contributed by atoms with Crippen LogP contribution in [0.5, 0.6) is 0 Å². The minimum absolute atomic E-state index is 0.0330. The number of nitrogens with zero attached hydrogens (tertiary/aromatic N) is 1. The largest absolute Gasteiger partial charge is 0.396 e. The van der Waals surface area contributed by atoms with Crippen LogP contribution >= 0.6 is 0 Å². The Bertz CT molecular complexity index is 148. The van der Waals surface area contributed by atoms with E-state index in [0.717, 1.165) is 0 Å². The summed E-state index contributed by atoms with van der Waals surface area (Å²) < 4.78 is 0. The molecule has 0 bridgehead atoms. The van der Waals surface area contributed by atoms with Gasteiger partial charge < -0.3 is 15.7 Å². The maximum absolute atomic E-state index is 8.34. The quantitative estimate of drug-likeness (QED) is 0.179. The lowest BCUT2D eigenvalue weighted by atomic mass is 10.4. The fourth-order valence-electron chi connectivity index (χ4n) is 0.313. The maximum Gasteiger partial charge on any atom is 0.177 e. The number of aliphatic hydroxyl groups excluding tert-OH is 1. The lowest BCUT2D eigenvalue weighted by Gasteiger charge is -1.95. The molecule has 0 heterocycles. The highest BCUT2D eigenvalue weighted by Gasteiger charge is 1.88. The first-order valence-electron chi connectivity index (χ1n) is 2.80. The van der Waals surface area contributed by atoms with Gasteiger partial charge >= 0.3 is 0 Å². The third kappa shape index (κ3) is 4.94. The smallest absolute Gasteiger partial charge is 0.177 e. The van der Waals surface area contributed by atoms with Crippen molar-refractivity contribution >= 4 is 5.84 Å². The van der Waals surface area contributed by atoms with E-state index in [1.54, 1.807) is 0 Å². The molecule has 3 N–H and O–H groups in total. The van der Waals surface area contributed by atoms with Crippen LogP contribution in [0, 0.1) is 12.3 Å². The van der Waals surface area contributed by atoms with Gasteiger partial charge in [-0.25, -0.2) is 0 Å². The summed E-state index contributed by atoms with van der Waals surface area (Å²) in [4.78, 5) is 4.51. The summed E-state index contributed by atoms with van der Waals surface area (Å²) in [7, 11) is 0. The normalized spacial score (nSPS) is 10.6. The molecule has 0 aliphatic heterocycles. The van der Waals surface area contributed by atoms with Crippen molar-refractivity contribution in [3.05, 3.63) is 0 Å². The minimum atomic E-state index is -0.0330. The van der Waals surface area contributed by atoms with Gasteiger partial charge in [-0.3, -0.25) is 0 Å². The van der Waals surface area contributed by atoms with Gasteiger partial charge in [0.1, 0.15) is 5.84 Å². The highest BCUT2D eigenvalue weighted by atomic mass is 16.6. The molecule has 0 aromatic rings. The van der Waals surface area contributed by atoms with E-state index in [0.29, 0.717) is 6.42 Å². The summed E-state index contributed by atoms with van der Waals surface area (Å²) in [6, 6.07) is 0. The van der Waals surface area contributed by atoms with E-state index in [4.69, 9.17) is 17.3 Å². The van der Waals surface area contributed by atoms with Gasteiger partial charge in [0.2, 0.25) is 0 Å². The molecule has 0 spiro atoms. The molecule has 0 saturated heterocycles. The van der Waals surface area contributed by atoms with E-state index >= 15 is 0 Å². The van der Waals surface area contributed by atoms with E-state index in [2.05, 4.69) is 15.9 Å². The second-order valence-electron chi connectivity index (χ2n) is 1.53. The van der Waals surface area contributed by atoms with Gasteiger partial charge in [0, 0.05) is 6.42 Å². The molecule has 0 atom stereocenters. The monoisotopic (exact) mass is 142 g/mol. The molecule has 4 nitrogen and oxygen atoms in total. The molecule has 10 heavy (non-hydrogen) atoms. The number of amidine groups is 1. The lowest BCUT2D eigenvalue weighted by molar-refractivity contribution is 0.177. The summed E-state index contributed by atoms with van der Waals surface area (Å²) in [5.41, 5.74) is 5.22. The number of nitrogens with two attached hydrogens (primary N) is 1. The first kappa shape index (κ1) is 8.79. The van der Waals surface area contributed by atoms with Crippen LogP contribution in [0.1, 0.15) is 6.42 Å². The lowest BCUT2D eigenvalue weighted by Crippen LogP contribution is -2.13. The molecule has 0 aromatic carbocycles. The average molecular weight is 142 g/mol. The molecule has 0 aromatic heterocycles. The van der Waals surface area contributed by atoms with Crippen molar-refractivity contribution < 1.29 is 9.94 Å². The van der Waals surface area contributed by atoms with Crippen molar-refractivity contribution in [2.75, 3.05) is 13.2 Å². The zero-order valence-corrected chi connectivity index (χ0v) is 5.58. The Labute approximate surface area is 59.7 Å². The van der Waals surface area contributed by atoms with Crippen molar-refractivity contribution in [3.63, 3.8) is 0 Å². The molecule has 0 fully saturated rings. The predicted octanol–water partition coefficient (Wildman–Crippen LogP) is -0.709. The van der Waals surface area contributed by atoms with Crippen molar-refractivity contribution in [1.29, 1.82) is 0 Å². The van der Waals surface area contributed by atoms with Gasteiger partial charge in [-0.1, -0.05) is 11.1 Å². The SMILES string of the molecule is C#CCO/N=C(\N)CCO. The molecule has 0 saturated carbocycles. The average Bonchev–Trinajstić information content (AvgIpc) is 1.89. The summed E-state index contributed by atoms with van der Waals surface area (Å²) >= 11 is 0. The van der Waals surface area contributed by atoms with Crippen molar-refractivity contribution in [1.82, 2.24) is 0 Å². The molecule has 4 heteroatoms. The molecule has 0 amide bonds. The summed E-state index contributed by atoms with van der Waals surface area (Å²) in [5.74, 6) is 2.47. The highest BCUT2D eigenvalue weighted by Crippen LogP contribution is 1.79. The molecular formula is C6H10N2O2. The first-order valence-corrected chi connectivity index (χ1v) is 2.80. The van der Waals surface area contributed by atoms with Crippen LogP contribution in [0.3, 0.4) is 0 Å². The molecule has 0 radical (unpaired) electrons. The van der Waals surface area contributed by atoms with E-state index < -0.39 is 0 Å². The van der Waals surface area contributed by atoms with E-state index in [9.17, 15) is 0 Å². The number of hydrogen-bond acceptors (Lipinski definition) is 3. The Morgan fingerprint density at radius 1 is 1.80 bits per heavy atom. The summed E-state index contributed by atoms with van der Waals surface area (Å²) in [6.07, 6.45) is 5.16. The molecule has 0 aliphatic rings. The van der Waals surface area contributed by atoms with Crippen LogP contribution in [0.2, 0.25) is 0 Å². The Balaban J connectivity index is 3.39. The van der Waals surface area contributed by atoms with Crippen LogP contribution in [-0.4, -0.2) is 24.2 Å². The fourth-order valence-corrected chi connectivity index (χ4v) is 0.313. The van der Waals surface area contributed by atoms with Crippen molar-refractivity contribution in [2.24, 2.45) is 10.9 Å². The zero-order valence-electron chi connectivity index (χ0n) is 5.58. The van der Waals surface area contributed by atoms with Gasteiger partial charge in [0.05, 0.1) is 6.61 Å². The number of aliphatic hydroxyl groups is 1. The summed E-state index contributed by atoms with van der Waals surface area (Å²) in [6.45, 7) is 0.0703. The van der Waals surface area contributed by atoms with E-state index in [1.807, 2.05) is 0 Å². The number of oxime groups is 1. The van der Waals surface area contributed by atoms with Crippen molar-refractivity contribution in [2.45, 2.75) is 6.42 Å². The van der Waals surface area contributed by atoms with Crippen molar-refractivity contribution in [3.8, 4) is 12.3 Å². The maximum atomic E-state index is 8.34. The Morgan fingerprint density at radius 2 is 2.50 bits per heavy atom. The van der Waals surface area contributed by atoms with Crippen LogP contribution < -0.4 is 5.73 Å². The van der Waals surface area contributed by atoms with Gasteiger partial charge in [0.15, 0.2) is 6.61 Å². The fraction of sp³-hybridized carbons (Fsp3) is 0.500. The van der Waals surface area contributed by atoms with Crippen LogP contribution in [-0.2, 0) is 4.84 Å². The standard InChI is InChI=1S/C6H10N2O2/c1-2-5-10-8-6(7)3-4-9/h1,9H,3-5H2,(H2,7,8). The van der Waals surface area contributed by atoms with Crippen LogP contribution in [0.15, 0.2) is 5.16 Å². The molecule has 0 aliphatic carbocycles. The minimum Gasteiger partial charge on any atom is -0.396 e. The molecule has 56 valence electrons. The molecular weight excluding hydrogens is 132 g/mol. The first-order chi connectivity index (χ1) is 4.81. The Kier molecular flexibility index (Phi) is 5.20. The molecule has 0 rings (SSSR count). The van der Waals surface area contributed by atoms with Gasteiger partial charge in [-0.2, -0.15) is 0 Å². The number of hydrogen-bond donors (Lipinski definition) is 2. The number of terminal acetylenes is 1. The van der Waals surface area contributed by atoms with E-state index in [1.165, 1.54) is 0 Å². The van der Waals surface area contributed by atoms with Gasteiger partial charge in [-0.15, -0.1) is 6.42 Å². The highest BCUT2D eigenvalue weighted by molar-refractivity contribution is 5.79. The van der Waals surface area contributed by atoms with Crippen LogP contribution in [0.25, 0.3) is 0 Å². The predicted molar refractivity (Wildman–Crippen MR) is 38.1 cm³/mol. The summed E-state index contributed by atoms with van der Waals surface area (Å²) in [5, 5.41) is 11.7. The second kappa shape index (κ2) is 5.92. The zero-order chi connectivity index (χ0) is 7.82. The third-order valence-corrected chi connectivity index (χ3v) is 0.698. The third-order valence-electron chi connectivity index (χ3n) is 0.698. The van der Waals surface area contributed by atoms with E-state index in [-0.39, 0.29) is 19.0 Å².